The highest BCUT2D eigenvalue weighted by atomic mass is 16.5. The Bertz CT molecular complexity index is 686. The third-order valence-electron chi connectivity index (χ3n) is 6.37. The first-order valence-corrected chi connectivity index (χ1v) is 9.91. The Hall–Kier alpha value is -1.85. The van der Waals surface area contributed by atoms with Gasteiger partial charge in [-0.05, 0) is 23.8 Å². The Kier molecular flexibility index (Phi) is 4.21. The fraction of sp³-hybridized carbons (Fsp3) is 0.571. The van der Waals surface area contributed by atoms with Gasteiger partial charge in [0.2, 0.25) is 0 Å². The third-order valence-corrected chi connectivity index (χ3v) is 6.37. The van der Waals surface area contributed by atoms with Gasteiger partial charge in [-0.1, -0.05) is 36.4 Å². The van der Waals surface area contributed by atoms with E-state index in [1.807, 2.05) is 0 Å². The first kappa shape index (κ1) is 16.3. The molecule has 5 heteroatoms. The molecule has 2 saturated heterocycles. The van der Waals surface area contributed by atoms with Gasteiger partial charge in [0.05, 0.1) is 18.9 Å². The van der Waals surface area contributed by atoms with Crippen LogP contribution < -0.4 is 0 Å². The van der Waals surface area contributed by atoms with Crippen molar-refractivity contribution in [3.05, 3.63) is 47.7 Å². The first-order chi connectivity index (χ1) is 12.8. The predicted molar refractivity (Wildman–Crippen MR) is 99.3 cm³/mol. The quantitative estimate of drug-likeness (QED) is 0.823. The number of likely N-dealkylation sites (tertiary alicyclic amines) is 1. The van der Waals surface area contributed by atoms with Crippen LogP contribution in [0.15, 0.2) is 42.1 Å². The van der Waals surface area contributed by atoms with Crippen molar-refractivity contribution >= 4 is 5.91 Å². The van der Waals surface area contributed by atoms with Crippen LogP contribution in [-0.4, -0.2) is 72.6 Å². The lowest BCUT2D eigenvalue weighted by Crippen LogP contribution is -2.47. The summed E-state index contributed by atoms with van der Waals surface area (Å²) >= 11 is 0. The lowest BCUT2D eigenvalue weighted by Gasteiger charge is -2.36. The minimum absolute atomic E-state index is 0.257. The summed E-state index contributed by atoms with van der Waals surface area (Å²) in [5.74, 6) is 1.60. The van der Waals surface area contributed by atoms with Crippen molar-refractivity contribution in [3.63, 3.8) is 0 Å². The predicted octanol–water partition coefficient (Wildman–Crippen LogP) is 1.57. The minimum Gasteiger partial charge on any atom is -0.378 e. The van der Waals surface area contributed by atoms with Crippen LogP contribution in [-0.2, 0) is 16.1 Å². The largest absolute Gasteiger partial charge is 0.378 e. The second-order valence-electron chi connectivity index (χ2n) is 7.97. The van der Waals surface area contributed by atoms with Crippen LogP contribution in [0.3, 0.4) is 0 Å². The molecule has 1 aliphatic carbocycles. The highest BCUT2D eigenvalue weighted by Gasteiger charge is 2.59. The van der Waals surface area contributed by atoms with E-state index in [9.17, 15) is 4.79 Å². The van der Waals surface area contributed by atoms with Crippen LogP contribution in [0.25, 0.3) is 0 Å². The molecule has 2 unspecified atom stereocenters. The molecule has 3 fully saturated rings. The SMILES string of the molecule is O=C1C(N2CCOCC2)=CCCN1C1C2CN(Cc3ccccc3)CC21. The van der Waals surface area contributed by atoms with Crippen molar-refractivity contribution in [1.29, 1.82) is 0 Å². The van der Waals surface area contributed by atoms with Gasteiger partial charge in [-0.2, -0.15) is 0 Å². The standard InChI is InChI=1S/C21H27N3O2/c25-21-19(23-9-11-26-12-10-23)7-4-8-24(21)20-17-14-22(15-18(17)20)13-16-5-2-1-3-6-16/h1-3,5-7,17-18,20H,4,8-15H2. The van der Waals surface area contributed by atoms with E-state index in [-0.39, 0.29) is 5.91 Å². The Balaban J connectivity index is 1.19. The van der Waals surface area contributed by atoms with Crippen molar-refractivity contribution in [3.8, 4) is 0 Å². The number of nitrogens with zero attached hydrogens (tertiary/aromatic N) is 3. The number of hydrogen-bond donors (Lipinski definition) is 0. The number of carbonyl (C=O) groups is 1. The van der Waals surface area contributed by atoms with Gasteiger partial charge < -0.3 is 14.5 Å². The summed E-state index contributed by atoms with van der Waals surface area (Å²) in [5.41, 5.74) is 2.31. The van der Waals surface area contributed by atoms with Gasteiger partial charge >= 0.3 is 0 Å². The zero-order valence-corrected chi connectivity index (χ0v) is 15.2. The van der Waals surface area contributed by atoms with Crippen LogP contribution in [0.1, 0.15) is 12.0 Å². The molecule has 1 amide bonds. The van der Waals surface area contributed by atoms with E-state index >= 15 is 0 Å². The molecule has 3 aliphatic heterocycles. The van der Waals surface area contributed by atoms with Gasteiger partial charge in [0.25, 0.3) is 5.91 Å². The van der Waals surface area contributed by atoms with E-state index in [0.717, 1.165) is 64.6 Å². The number of benzene rings is 1. The number of hydrogen-bond acceptors (Lipinski definition) is 4. The van der Waals surface area contributed by atoms with Crippen molar-refractivity contribution in [2.75, 3.05) is 45.9 Å². The number of carbonyl (C=O) groups excluding carboxylic acids is 1. The lowest BCUT2D eigenvalue weighted by atomic mass is 10.1. The monoisotopic (exact) mass is 353 g/mol. The highest BCUT2D eigenvalue weighted by Crippen LogP contribution is 2.50. The number of fused-ring (bicyclic) bond motifs is 1. The van der Waals surface area contributed by atoms with E-state index in [2.05, 4.69) is 51.1 Å². The fourth-order valence-corrected chi connectivity index (χ4v) is 5.04. The fourth-order valence-electron chi connectivity index (χ4n) is 5.04. The summed E-state index contributed by atoms with van der Waals surface area (Å²) in [6.07, 6.45) is 3.13. The molecule has 0 aromatic heterocycles. The molecule has 0 spiro atoms. The smallest absolute Gasteiger partial charge is 0.270 e. The van der Waals surface area contributed by atoms with Crippen molar-refractivity contribution < 1.29 is 9.53 Å². The molecule has 2 atom stereocenters. The van der Waals surface area contributed by atoms with Gasteiger partial charge in [0.15, 0.2) is 0 Å². The van der Waals surface area contributed by atoms with Crippen molar-refractivity contribution in [1.82, 2.24) is 14.7 Å². The summed E-state index contributed by atoms with van der Waals surface area (Å²) < 4.78 is 5.43. The van der Waals surface area contributed by atoms with Crippen molar-refractivity contribution in [2.45, 2.75) is 19.0 Å². The maximum atomic E-state index is 13.1. The molecule has 1 aromatic rings. The second-order valence-corrected chi connectivity index (χ2v) is 7.97. The average molecular weight is 353 g/mol. The van der Waals surface area contributed by atoms with E-state index in [1.54, 1.807) is 0 Å². The molecular weight excluding hydrogens is 326 g/mol. The topological polar surface area (TPSA) is 36.0 Å². The number of ether oxygens (including phenoxy) is 1. The minimum atomic E-state index is 0.257. The van der Waals surface area contributed by atoms with E-state index < -0.39 is 0 Å². The summed E-state index contributed by atoms with van der Waals surface area (Å²) in [7, 11) is 0. The van der Waals surface area contributed by atoms with Gasteiger partial charge in [0.1, 0.15) is 0 Å². The second kappa shape index (κ2) is 6.71. The van der Waals surface area contributed by atoms with E-state index in [1.165, 1.54) is 5.56 Å². The molecule has 5 nitrogen and oxygen atoms in total. The molecule has 3 heterocycles. The van der Waals surface area contributed by atoms with Crippen LogP contribution in [0, 0.1) is 11.8 Å². The van der Waals surface area contributed by atoms with Gasteiger partial charge in [0, 0.05) is 45.3 Å². The Morgan fingerprint density at radius 2 is 1.73 bits per heavy atom. The maximum Gasteiger partial charge on any atom is 0.270 e. The molecule has 138 valence electrons. The summed E-state index contributed by atoms with van der Waals surface area (Å²) in [5, 5.41) is 0. The van der Waals surface area contributed by atoms with E-state index in [0.29, 0.717) is 17.9 Å². The average Bonchev–Trinajstić information content (AvgIpc) is 3.17. The summed E-state index contributed by atoms with van der Waals surface area (Å²) in [6, 6.07) is 11.2. The van der Waals surface area contributed by atoms with Gasteiger partial charge in [-0.25, -0.2) is 0 Å². The summed E-state index contributed by atoms with van der Waals surface area (Å²) in [6.45, 7) is 7.33. The highest BCUT2D eigenvalue weighted by molar-refractivity contribution is 5.94. The molecule has 0 radical (unpaired) electrons. The Morgan fingerprint density at radius 1 is 1.00 bits per heavy atom. The molecule has 0 N–H and O–H groups in total. The van der Waals surface area contributed by atoms with Crippen LogP contribution in [0.2, 0.25) is 0 Å². The zero-order valence-electron chi connectivity index (χ0n) is 15.2. The first-order valence-electron chi connectivity index (χ1n) is 9.91. The Morgan fingerprint density at radius 3 is 2.46 bits per heavy atom. The lowest BCUT2D eigenvalue weighted by molar-refractivity contribution is -0.131. The number of morpholine rings is 1. The molecular formula is C21H27N3O2. The maximum absolute atomic E-state index is 13.1. The molecule has 26 heavy (non-hydrogen) atoms. The van der Waals surface area contributed by atoms with Gasteiger partial charge in [-0.3, -0.25) is 9.69 Å². The van der Waals surface area contributed by atoms with Crippen LogP contribution in [0.4, 0.5) is 0 Å². The van der Waals surface area contributed by atoms with E-state index in [4.69, 9.17) is 4.74 Å². The molecule has 5 rings (SSSR count). The van der Waals surface area contributed by atoms with Crippen molar-refractivity contribution in [2.24, 2.45) is 11.8 Å². The molecule has 1 aromatic carbocycles. The van der Waals surface area contributed by atoms with Crippen LogP contribution in [0.5, 0.6) is 0 Å². The molecule has 1 saturated carbocycles. The third kappa shape index (κ3) is 2.93. The van der Waals surface area contributed by atoms with Gasteiger partial charge in [-0.15, -0.1) is 0 Å². The normalized spacial score (nSPS) is 31.8. The molecule has 4 aliphatic rings. The number of piperidine rings is 1. The Labute approximate surface area is 155 Å². The summed E-state index contributed by atoms with van der Waals surface area (Å²) in [4.78, 5) is 20.0. The number of amides is 1. The molecule has 0 bridgehead atoms. The number of rotatable bonds is 4. The zero-order chi connectivity index (χ0) is 17.5. The van der Waals surface area contributed by atoms with Crippen LogP contribution >= 0.6 is 0 Å².